The lowest BCUT2D eigenvalue weighted by atomic mass is 9.96. The smallest absolute Gasteiger partial charge is 0.254 e. The van der Waals surface area contributed by atoms with Crippen molar-refractivity contribution in [2.75, 3.05) is 26.3 Å². The monoisotopic (exact) mass is 357 g/mol. The van der Waals surface area contributed by atoms with Crippen molar-refractivity contribution >= 4 is 5.91 Å². The first kappa shape index (κ1) is 18.3. The normalized spacial score (nSPS) is 17.2. The minimum atomic E-state index is 0.0351. The second-order valence-corrected chi connectivity index (χ2v) is 6.51. The Kier molecular flexibility index (Phi) is 5.81. The van der Waals surface area contributed by atoms with Crippen LogP contribution in [0.25, 0.3) is 0 Å². The maximum atomic E-state index is 13.0. The van der Waals surface area contributed by atoms with E-state index in [0.29, 0.717) is 36.8 Å². The summed E-state index contributed by atoms with van der Waals surface area (Å²) in [5.74, 6) is 2.66. The van der Waals surface area contributed by atoms with E-state index in [1.807, 2.05) is 54.9 Å². The molecule has 1 aromatic heterocycles. The van der Waals surface area contributed by atoms with E-state index in [4.69, 9.17) is 9.47 Å². The minimum absolute atomic E-state index is 0.0351. The molecule has 3 rings (SSSR count). The molecule has 0 saturated carbocycles. The van der Waals surface area contributed by atoms with Gasteiger partial charge in [-0.15, -0.1) is 0 Å². The highest BCUT2D eigenvalue weighted by Gasteiger charge is 2.28. The van der Waals surface area contributed by atoms with Gasteiger partial charge in [0.25, 0.3) is 5.91 Å². The molecule has 1 saturated heterocycles. The molecule has 1 aromatic carbocycles. The Morgan fingerprint density at radius 2 is 2.00 bits per heavy atom. The number of imidazole rings is 1. The zero-order chi connectivity index (χ0) is 18.5. The molecule has 0 aliphatic carbocycles. The molecule has 0 bridgehead atoms. The zero-order valence-electron chi connectivity index (χ0n) is 15.8. The Labute approximate surface area is 154 Å². The first-order valence-electron chi connectivity index (χ1n) is 9.30. The number of rotatable bonds is 6. The van der Waals surface area contributed by atoms with Gasteiger partial charge in [0.15, 0.2) is 11.5 Å². The molecule has 1 aliphatic rings. The second kappa shape index (κ2) is 8.25. The predicted molar refractivity (Wildman–Crippen MR) is 99.9 cm³/mol. The van der Waals surface area contributed by atoms with Crippen LogP contribution in [0, 0.1) is 0 Å². The fourth-order valence-corrected chi connectivity index (χ4v) is 3.51. The van der Waals surface area contributed by atoms with Crippen molar-refractivity contribution in [1.82, 2.24) is 14.5 Å². The van der Waals surface area contributed by atoms with Crippen molar-refractivity contribution in [1.29, 1.82) is 0 Å². The number of hydrogen-bond donors (Lipinski definition) is 0. The maximum absolute atomic E-state index is 13.0. The fraction of sp³-hybridized carbons (Fsp3) is 0.500. The van der Waals surface area contributed by atoms with E-state index in [0.717, 1.165) is 25.2 Å². The molecule has 2 aromatic rings. The summed E-state index contributed by atoms with van der Waals surface area (Å²) in [5.41, 5.74) is 0.636. The molecule has 0 unspecified atom stereocenters. The number of piperidine rings is 1. The minimum Gasteiger partial charge on any atom is -0.490 e. The maximum Gasteiger partial charge on any atom is 0.254 e. The van der Waals surface area contributed by atoms with Crippen molar-refractivity contribution in [3.63, 3.8) is 0 Å². The van der Waals surface area contributed by atoms with Gasteiger partial charge >= 0.3 is 0 Å². The van der Waals surface area contributed by atoms with Crippen LogP contribution in [0.2, 0.25) is 0 Å². The van der Waals surface area contributed by atoms with Gasteiger partial charge in [0.05, 0.1) is 13.2 Å². The Balaban J connectivity index is 1.77. The number of likely N-dealkylation sites (tertiary alicyclic amines) is 1. The number of benzene rings is 1. The first-order chi connectivity index (χ1) is 12.6. The number of nitrogens with zero attached hydrogens (tertiary/aromatic N) is 3. The van der Waals surface area contributed by atoms with Gasteiger partial charge in [0.1, 0.15) is 5.82 Å². The fourth-order valence-electron chi connectivity index (χ4n) is 3.51. The zero-order valence-corrected chi connectivity index (χ0v) is 15.8. The lowest BCUT2D eigenvalue weighted by Gasteiger charge is -2.32. The van der Waals surface area contributed by atoms with Gasteiger partial charge < -0.3 is 18.9 Å². The Morgan fingerprint density at radius 3 is 2.69 bits per heavy atom. The van der Waals surface area contributed by atoms with Crippen LogP contribution in [-0.2, 0) is 7.05 Å². The van der Waals surface area contributed by atoms with Gasteiger partial charge in [0.2, 0.25) is 0 Å². The van der Waals surface area contributed by atoms with Crippen molar-refractivity contribution < 1.29 is 14.3 Å². The molecule has 0 N–H and O–H groups in total. The number of aromatic nitrogens is 2. The van der Waals surface area contributed by atoms with Gasteiger partial charge in [-0.2, -0.15) is 0 Å². The van der Waals surface area contributed by atoms with Crippen LogP contribution in [0.4, 0.5) is 0 Å². The highest BCUT2D eigenvalue weighted by atomic mass is 16.5. The Bertz CT molecular complexity index is 757. The standard InChI is InChI=1S/C20H27N3O3/c1-4-25-17-9-8-15(13-18(17)26-5-2)20(24)23-11-6-7-16(14-23)19-21-10-12-22(19)3/h8-10,12-13,16H,4-7,11,14H2,1-3H3/t16-/m1/s1. The van der Waals surface area contributed by atoms with Crippen LogP contribution in [0.15, 0.2) is 30.6 Å². The number of hydrogen-bond acceptors (Lipinski definition) is 4. The van der Waals surface area contributed by atoms with E-state index in [2.05, 4.69) is 4.98 Å². The molecule has 0 spiro atoms. The van der Waals surface area contributed by atoms with Gasteiger partial charge in [0, 0.05) is 44.0 Å². The molecule has 0 radical (unpaired) electrons. The first-order valence-corrected chi connectivity index (χ1v) is 9.30. The van der Waals surface area contributed by atoms with Crippen LogP contribution < -0.4 is 9.47 Å². The van der Waals surface area contributed by atoms with Crippen LogP contribution in [0.3, 0.4) is 0 Å². The number of aryl methyl sites for hydroxylation is 1. The summed E-state index contributed by atoms with van der Waals surface area (Å²) in [6, 6.07) is 5.43. The molecule has 1 aliphatic heterocycles. The lowest BCUT2D eigenvalue weighted by Crippen LogP contribution is -2.39. The highest BCUT2D eigenvalue weighted by Crippen LogP contribution is 2.31. The third-order valence-electron chi connectivity index (χ3n) is 4.72. The summed E-state index contributed by atoms with van der Waals surface area (Å²) in [4.78, 5) is 19.4. The van der Waals surface area contributed by atoms with Crippen molar-refractivity contribution in [2.24, 2.45) is 7.05 Å². The predicted octanol–water partition coefficient (Wildman–Crippen LogP) is 3.24. The summed E-state index contributed by atoms with van der Waals surface area (Å²) in [6.07, 6.45) is 5.81. The van der Waals surface area contributed by atoms with E-state index in [1.54, 1.807) is 6.07 Å². The Hall–Kier alpha value is -2.50. The second-order valence-electron chi connectivity index (χ2n) is 6.51. The number of ether oxygens (including phenoxy) is 2. The van der Waals surface area contributed by atoms with E-state index in [9.17, 15) is 4.79 Å². The average molecular weight is 357 g/mol. The SMILES string of the molecule is CCOc1ccc(C(=O)N2CCC[C@@H](c3nccn3C)C2)cc1OCC. The largest absolute Gasteiger partial charge is 0.490 e. The molecule has 1 fully saturated rings. The lowest BCUT2D eigenvalue weighted by molar-refractivity contribution is 0.0703. The van der Waals surface area contributed by atoms with Gasteiger partial charge in [-0.3, -0.25) is 4.79 Å². The molecule has 1 atom stereocenters. The van der Waals surface area contributed by atoms with E-state index in [-0.39, 0.29) is 11.8 Å². The van der Waals surface area contributed by atoms with Crippen molar-refractivity contribution in [3.05, 3.63) is 42.0 Å². The Morgan fingerprint density at radius 1 is 1.23 bits per heavy atom. The van der Waals surface area contributed by atoms with Crippen LogP contribution in [0.1, 0.15) is 48.8 Å². The molecule has 6 heteroatoms. The average Bonchev–Trinajstić information content (AvgIpc) is 3.09. The van der Waals surface area contributed by atoms with Crippen LogP contribution in [0.5, 0.6) is 11.5 Å². The molecular formula is C20H27N3O3. The molecule has 26 heavy (non-hydrogen) atoms. The molecule has 2 heterocycles. The molecule has 140 valence electrons. The molecule has 6 nitrogen and oxygen atoms in total. The summed E-state index contributed by atoms with van der Waals surface area (Å²) in [6.45, 7) is 6.41. The molecular weight excluding hydrogens is 330 g/mol. The number of carbonyl (C=O) groups excluding carboxylic acids is 1. The third-order valence-corrected chi connectivity index (χ3v) is 4.72. The summed E-state index contributed by atoms with van der Waals surface area (Å²) < 4.78 is 13.3. The number of amides is 1. The van der Waals surface area contributed by atoms with Crippen molar-refractivity contribution in [2.45, 2.75) is 32.6 Å². The van der Waals surface area contributed by atoms with Gasteiger partial charge in [-0.05, 0) is 44.9 Å². The summed E-state index contributed by atoms with van der Waals surface area (Å²) >= 11 is 0. The van der Waals surface area contributed by atoms with Crippen LogP contribution >= 0.6 is 0 Å². The topological polar surface area (TPSA) is 56.6 Å². The number of carbonyl (C=O) groups is 1. The summed E-state index contributed by atoms with van der Waals surface area (Å²) in [7, 11) is 2.00. The van der Waals surface area contributed by atoms with E-state index >= 15 is 0 Å². The van der Waals surface area contributed by atoms with Crippen molar-refractivity contribution in [3.8, 4) is 11.5 Å². The third kappa shape index (κ3) is 3.84. The highest BCUT2D eigenvalue weighted by molar-refractivity contribution is 5.95. The van der Waals surface area contributed by atoms with Gasteiger partial charge in [-0.1, -0.05) is 0 Å². The summed E-state index contributed by atoms with van der Waals surface area (Å²) in [5, 5.41) is 0. The van der Waals surface area contributed by atoms with Gasteiger partial charge in [-0.25, -0.2) is 4.98 Å². The molecule has 1 amide bonds. The van der Waals surface area contributed by atoms with E-state index in [1.165, 1.54) is 0 Å². The van der Waals surface area contributed by atoms with Crippen LogP contribution in [-0.4, -0.2) is 46.7 Å². The van der Waals surface area contributed by atoms with E-state index < -0.39 is 0 Å². The quantitative estimate of drug-likeness (QED) is 0.796.